The Balaban J connectivity index is 1.55. The zero-order valence-electron chi connectivity index (χ0n) is 14.5. The number of nitrogens with zero attached hydrogens (tertiary/aromatic N) is 2. The van der Waals surface area contributed by atoms with E-state index in [0.717, 1.165) is 16.8 Å². The van der Waals surface area contributed by atoms with Gasteiger partial charge in [-0.1, -0.05) is 12.1 Å². The summed E-state index contributed by atoms with van der Waals surface area (Å²) in [5.74, 6) is 0.0285. The Morgan fingerprint density at radius 2 is 2.12 bits per heavy atom. The number of hydrogen-bond donors (Lipinski definition) is 2. The summed E-state index contributed by atoms with van der Waals surface area (Å²) < 4.78 is 0. The minimum absolute atomic E-state index is 0.0285. The van der Waals surface area contributed by atoms with Crippen molar-refractivity contribution in [2.75, 3.05) is 11.4 Å². The van der Waals surface area contributed by atoms with Gasteiger partial charge in [0.1, 0.15) is 0 Å². The number of benzene rings is 1. The summed E-state index contributed by atoms with van der Waals surface area (Å²) in [7, 11) is 0. The first-order chi connectivity index (χ1) is 12.0. The van der Waals surface area contributed by atoms with E-state index >= 15 is 0 Å². The molecule has 0 bridgehead atoms. The first-order valence-corrected chi connectivity index (χ1v) is 8.34. The molecule has 6 nitrogen and oxygen atoms in total. The normalized spacial score (nSPS) is 16.8. The number of amides is 3. The lowest BCUT2D eigenvalue weighted by Gasteiger charge is -2.18. The maximum atomic E-state index is 12.3. The quantitative estimate of drug-likeness (QED) is 0.898. The van der Waals surface area contributed by atoms with Crippen LogP contribution in [0.5, 0.6) is 0 Å². The fourth-order valence-corrected chi connectivity index (χ4v) is 2.87. The molecule has 1 fully saturated rings. The number of rotatable bonds is 4. The SMILES string of the molecule is Cc1ccc(N2C[C@@H](NC(=O)NCc3cccnc3)CC2=O)cc1C. The van der Waals surface area contributed by atoms with Crippen molar-refractivity contribution < 1.29 is 9.59 Å². The largest absolute Gasteiger partial charge is 0.334 e. The second-order valence-electron chi connectivity index (χ2n) is 6.36. The Morgan fingerprint density at radius 3 is 2.84 bits per heavy atom. The summed E-state index contributed by atoms with van der Waals surface area (Å²) in [6.45, 7) is 4.96. The molecule has 0 radical (unpaired) electrons. The third kappa shape index (κ3) is 4.15. The van der Waals surface area contributed by atoms with Gasteiger partial charge in [0.05, 0.1) is 6.04 Å². The van der Waals surface area contributed by atoms with Crippen molar-refractivity contribution in [2.24, 2.45) is 0 Å². The average molecular weight is 338 g/mol. The van der Waals surface area contributed by atoms with Crippen molar-refractivity contribution in [3.63, 3.8) is 0 Å². The second-order valence-corrected chi connectivity index (χ2v) is 6.36. The van der Waals surface area contributed by atoms with Crippen LogP contribution in [0.2, 0.25) is 0 Å². The standard InChI is InChI=1S/C19H22N4O2/c1-13-5-6-17(8-14(13)2)23-12-16(9-18(23)24)22-19(25)21-11-15-4-3-7-20-10-15/h3-8,10,16H,9,11-12H2,1-2H3,(H2,21,22,25)/t16-/m0/s1. The van der Waals surface area contributed by atoms with Crippen LogP contribution >= 0.6 is 0 Å². The van der Waals surface area contributed by atoms with Gasteiger partial charge in [-0.25, -0.2) is 4.79 Å². The molecule has 1 aliphatic heterocycles. The minimum Gasteiger partial charge on any atom is -0.334 e. The minimum atomic E-state index is -0.274. The second kappa shape index (κ2) is 7.34. The van der Waals surface area contributed by atoms with Crippen molar-refractivity contribution >= 4 is 17.6 Å². The molecule has 1 saturated heterocycles. The smallest absolute Gasteiger partial charge is 0.315 e. The molecular formula is C19H22N4O2. The molecule has 2 aromatic rings. The van der Waals surface area contributed by atoms with Crippen molar-refractivity contribution in [2.45, 2.75) is 32.9 Å². The lowest BCUT2D eigenvalue weighted by atomic mass is 10.1. The van der Waals surface area contributed by atoms with Gasteiger partial charge in [-0.3, -0.25) is 9.78 Å². The zero-order valence-corrected chi connectivity index (χ0v) is 14.5. The van der Waals surface area contributed by atoms with E-state index in [1.807, 2.05) is 44.2 Å². The number of carbonyl (C=O) groups is 2. The first kappa shape index (κ1) is 17.0. The number of pyridine rings is 1. The third-order valence-electron chi connectivity index (χ3n) is 4.44. The molecule has 3 amide bonds. The summed E-state index contributed by atoms with van der Waals surface area (Å²) in [6, 6.07) is 9.23. The van der Waals surface area contributed by atoms with Gasteiger partial charge in [-0.15, -0.1) is 0 Å². The highest BCUT2D eigenvalue weighted by atomic mass is 16.2. The molecule has 1 aliphatic rings. The Hall–Kier alpha value is -2.89. The molecular weight excluding hydrogens is 316 g/mol. The Bertz CT molecular complexity index is 776. The van der Waals surface area contributed by atoms with Crippen molar-refractivity contribution in [1.29, 1.82) is 0 Å². The molecule has 25 heavy (non-hydrogen) atoms. The number of urea groups is 1. The van der Waals surface area contributed by atoms with Gasteiger partial charge in [0, 0.05) is 37.6 Å². The summed E-state index contributed by atoms with van der Waals surface area (Å²) in [6.07, 6.45) is 3.71. The third-order valence-corrected chi connectivity index (χ3v) is 4.44. The number of aromatic nitrogens is 1. The molecule has 0 saturated carbocycles. The number of anilines is 1. The molecule has 3 rings (SSSR count). The predicted octanol–water partition coefficient (Wildman–Crippen LogP) is 2.30. The molecule has 130 valence electrons. The molecule has 6 heteroatoms. The topological polar surface area (TPSA) is 74.3 Å². The average Bonchev–Trinajstić information content (AvgIpc) is 2.96. The fraction of sp³-hybridized carbons (Fsp3) is 0.316. The highest BCUT2D eigenvalue weighted by molar-refractivity contribution is 5.96. The van der Waals surface area contributed by atoms with E-state index in [4.69, 9.17) is 0 Å². The summed E-state index contributed by atoms with van der Waals surface area (Å²) >= 11 is 0. The zero-order chi connectivity index (χ0) is 17.8. The maximum Gasteiger partial charge on any atom is 0.315 e. The van der Waals surface area contributed by atoms with Crippen LogP contribution in [0.1, 0.15) is 23.1 Å². The van der Waals surface area contributed by atoms with Crippen LogP contribution < -0.4 is 15.5 Å². The number of aryl methyl sites for hydroxylation is 2. The molecule has 0 aliphatic carbocycles. The van der Waals surface area contributed by atoms with E-state index < -0.39 is 0 Å². The molecule has 2 heterocycles. The van der Waals surface area contributed by atoms with Crippen molar-refractivity contribution in [1.82, 2.24) is 15.6 Å². The fourth-order valence-electron chi connectivity index (χ4n) is 2.87. The summed E-state index contributed by atoms with van der Waals surface area (Å²) in [5.41, 5.74) is 4.15. The van der Waals surface area contributed by atoms with E-state index in [0.29, 0.717) is 19.5 Å². The van der Waals surface area contributed by atoms with Crippen LogP contribution in [0.4, 0.5) is 10.5 Å². The van der Waals surface area contributed by atoms with Gasteiger partial charge < -0.3 is 15.5 Å². The van der Waals surface area contributed by atoms with E-state index in [1.165, 1.54) is 5.56 Å². The Morgan fingerprint density at radius 1 is 1.28 bits per heavy atom. The molecule has 1 aromatic heterocycles. The van der Waals surface area contributed by atoms with Crippen LogP contribution in [0.3, 0.4) is 0 Å². The lowest BCUT2D eigenvalue weighted by Crippen LogP contribution is -2.43. The molecule has 0 unspecified atom stereocenters. The molecule has 1 atom stereocenters. The predicted molar refractivity (Wildman–Crippen MR) is 96.3 cm³/mol. The van der Waals surface area contributed by atoms with Crippen LogP contribution in [0.15, 0.2) is 42.7 Å². The van der Waals surface area contributed by atoms with Gasteiger partial charge in [0.2, 0.25) is 5.91 Å². The number of nitrogens with one attached hydrogen (secondary N) is 2. The first-order valence-electron chi connectivity index (χ1n) is 8.34. The van der Waals surface area contributed by atoms with Gasteiger partial charge in [0.15, 0.2) is 0 Å². The molecule has 0 spiro atoms. The number of hydrogen-bond acceptors (Lipinski definition) is 3. The maximum absolute atomic E-state index is 12.3. The Kier molecular flexibility index (Phi) is 4.97. The van der Waals surface area contributed by atoms with Gasteiger partial charge >= 0.3 is 6.03 Å². The van der Waals surface area contributed by atoms with Crippen molar-refractivity contribution in [3.8, 4) is 0 Å². The molecule has 1 aromatic carbocycles. The number of carbonyl (C=O) groups excluding carboxylic acids is 2. The van der Waals surface area contributed by atoms with Gasteiger partial charge in [-0.2, -0.15) is 0 Å². The van der Waals surface area contributed by atoms with Crippen LogP contribution in [-0.2, 0) is 11.3 Å². The van der Waals surface area contributed by atoms with Crippen molar-refractivity contribution in [3.05, 3.63) is 59.4 Å². The summed E-state index contributed by atoms with van der Waals surface area (Å²) in [4.78, 5) is 30.1. The monoisotopic (exact) mass is 338 g/mol. The van der Waals surface area contributed by atoms with E-state index in [1.54, 1.807) is 17.3 Å². The van der Waals surface area contributed by atoms with Crippen LogP contribution in [-0.4, -0.2) is 29.5 Å². The molecule has 2 N–H and O–H groups in total. The van der Waals surface area contributed by atoms with Gasteiger partial charge in [-0.05, 0) is 48.7 Å². The van der Waals surface area contributed by atoms with Crippen LogP contribution in [0.25, 0.3) is 0 Å². The highest BCUT2D eigenvalue weighted by Gasteiger charge is 2.31. The highest BCUT2D eigenvalue weighted by Crippen LogP contribution is 2.24. The van der Waals surface area contributed by atoms with Crippen LogP contribution in [0, 0.1) is 13.8 Å². The lowest BCUT2D eigenvalue weighted by molar-refractivity contribution is -0.117. The van der Waals surface area contributed by atoms with E-state index in [-0.39, 0.29) is 18.0 Å². The Labute approximate surface area is 147 Å². The summed E-state index contributed by atoms with van der Waals surface area (Å²) in [5, 5.41) is 5.66. The van der Waals surface area contributed by atoms with E-state index in [9.17, 15) is 9.59 Å². The van der Waals surface area contributed by atoms with Gasteiger partial charge in [0.25, 0.3) is 0 Å². The van der Waals surface area contributed by atoms with E-state index in [2.05, 4.69) is 15.6 Å².